The molecule has 0 amide bonds. The Hall–Kier alpha value is -3.62. The molecule has 2 nitrogen and oxygen atoms in total. The predicted octanol–water partition coefficient (Wildman–Crippen LogP) is 6.98. The molecule has 0 bridgehead atoms. The third-order valence-electron chi connectivity index (χ3n) is 5.77. The maximum Gasteiger partial charge on any atom is 0.119 e. The predicted molar refractivity (Wildman–Crippen MR) is 139 cm³/mol. The van der Waals surface area contributed by atoms with E-state index in [9.17, 15) is 0 Å². The Morgan fingerprint density at radius 1 is 0.667 bits per heavy atom. The van der Waals surface area contributed by atoms with E-state index >= 15 is 0 Å². The molecule has 4 aromatic carbocycles. The van der Waals surface area contributed by atoms with Crippen LogP contribution in [0.4, 0.5) is 0 Å². The van der Waals surface area contributed by atoms with Crippen LogP contribution in [0, 0.1) is 0 Å². The second-order valence-electron chi connectivity index (χ2n) is 8.10. The molecule has 0 aromatic heterocycles. The molecule has 0 heterocycles. The van der Waals surface area contributed by atoms with Crippen molar-refractivity contribution in [1.82, 2.24) is 0 Å². The van der Waals surface area contributed by atoms with Crippen molar-refractivity contribution >= 4 is 11.1 Å². The fourth-order valence-corrected chi connectivity index (χ4v) is 4.24. The first kappa shape index (κ1) is 22.6. The third-order valence-corrected chi connectivity index (χ3v) is 5.77. The zero-order chi connectivity index (χ0) is 22.9. The van der Waals surface area contributed by atoms with Crippen molar-refractivity contribution in [1.29, 1.82) is 0 Å². The Balaban J connectivity index is 1.80. The lowest BCUT2D eigenvalue weighted by Gasteiger charge is -2.18. The van der Waals surface area contributed by atoms with Crippen LogP contribution < -0.4 is 10.5 Å². The zero-order valence-electron chi connectivity index (χ0n) is 19.2. The van der Waals surface area contributed by atoms with Crippen molar-refractivity contribution in [2.45, 2.75) is 19.8 Å². The van der Waals surface area contributed by atoms with Crippen molar-refractivity contribution in [3.05, 3.63) is 137 Å². The Kier molecular flexibility index (Phi) is 7.73. The third kappa shape index (κ3) is 5.79. The number of benzene rings is 4. The molecular formula is C31H31NO. The quantitative estimate of drug-likeness (QED) is 0.289. The fourth-order valence-electron chi connectivity index (χ4n) is 4.24. The highest BCUT2D eigenvalue weighted by atomic mass is 16.5. The van der Waals surface area contributed by atoms with Gasteiger partial charge in [-0.2, -0.15) is 0 Å². The number of hydrogen-bond donors (Lipinski definition) is 1. The lowest BCUT2D eigenvalue weighted by atomic mass is 9.87. The van der Waals surface area contributed by atoms with E-state index in [1.54, 1.807) is 0 Å². The first-order chi connectivity index (χ1) is 16.3. The summed E-state index contributed by atoms with van der Waals surface area (Å²) in [6.45, 7) is 3.26. The fraction of sp³-hybridized carbons (Fsp3) is 0.161. The summed E-state index contributed by atoms with van der Waals surface area (Å²) in [4.78, 5) is 0. The molecule has 4 aromatic rings. The van der Waals surface area contributed by atoms with E-state index < -0.39 is 0 Å². The molecule has 0 fully saturated rings. The van der Waals surface area contributed by atoms with Crippen LogP contribution >= 0.6 is 0 Å². The van der Waals surface area contributed by atoms with E-state index in [0.29, 0.717) is 13.2 Å². The highest BCUT2D eigenvalue weighted by molar-refractivity contribution is 5.98. The molecule has 2 heteroatoms. The normalized spacial score (nSPS) is 11.7. The Bertz CT molecular complexity index is 1180. The number of rotatable bonds is 9. The van der Waals surface area contributed by atoms with Crippen LogP contribution in [0.1, 0.15) is 41.2 Å². The number of hydrogen-bond acceptors (Lipinski definition) is 2. The van der Waals surface area contributed by atoms with Crippen LogP contribution in [0.2, 0.25) is 0 Å². The molecule has 4 rings (SSSR count). The molecule has 33 heavy (non-hydrogen) atoms. The highest BCUT2D eigenvalue weighted by Crippen LogP contribution is 2.35. The van der Waals surface area contributed by atoms with Gasteiger partial charge in [0.1, 0.15) is 12.4 Å². The van der Waals surface area contributed by atoms with Crippen molar-refractivity contribution in [2.24, 2.45) is 5.73 Å². The lowest BCUT2D eigenvalue weighted by Crippen LogP contribution is -2.10. The van der Waals surface area contributed by atoms with E-state index in [4.69, 9.17) is 10.5 Å². The first-order valence-electron chi connectivity index (χ1n) is 11.6. The maximum absolute atomic E-state index is 5.71. The Morgan fingerprint density at radius 2 is 1.30 bits per heavy atom. The van der Waals surface area contributed by atoms with Gasteiger partial charge in [0.25, 0.3) is 0 Å². The van der Waals surface area contributed by atoms with E-state index in [1.807, 2.05) is 12.1 Å². The second kappa shape index (κ2) is 11.3. The van der Waals surface area contributed by atoms with Gasteiger partial charge in [0.05, 0.1) is 0 Å². The zero-order valence-corrected chi connectivity index (χ0v) is 19.2. The van der Waals surface area contributed by atoms with Gasteiger partial charge in [-0.3, -0.25) is 0 Å². The van der Waals surface area contributed by atoms with Gasteiger partial charge in [-0.1, -0.05) is 104 Å². The van der Waals surface area contributed by atoms with Crippen molar-refractivity contribution in [2.75, 3.05) is 13.2 Å². The SMILES string of the molecule is CC/C(=C(/c1ccc(OCCN)cc1)c1cccc(Cc2ccccc2)c1)c1ccccc1. The van der Waals surface area contributed by atoms with E-state index in [0.717, 1.165) is 18.6 Å². The molecule has 0 saturated carbocycles. The van der Waals surface area contributed by atoms with Crippen LogP contribution in [-0.4, -0.2) is 13.2 Å². The van der Waals surface area contributed by atoms with Gasteiger partial charge in [0.2, 0.25) is 0 Å². The van der Waals surface area contributed by atoms with Gasteiger partial charge in [-0.05, 0) is 63.9 Å². The molecule has 0 radical (unpaired) electrons. The monoisotopic (exact) mass is 433 g/mol. The minimum Gasteiger partial charge on any atom is -0.492 e. The molecule has 0 unspecified atom stereocenters. The summed E-state index contributed by atoms with van der Waals surface area (Å²) < 4.78 is 5.71. The average molecular weight is 434 g/mol. The molecule has 0 aliphatic carbocycles. The second-order valence-corrected chi connectivity index (χ2v) is 8.10. The molecule has 0 aliphatic heterocycles. The van der Waals surface area contributed by atoms with Gasteiger partial charge >= 0.3 is 0 Å². The van der Waals surface area contributed by atoms with E-state index in [2.05, 4.69) is 104 Å². The molecule has 0 spiro atoms. The Labute approximate surface area is 197 Å². The summed E-state index contributed by atoms with van der Waals surface area (Å²) in [5.74, 6) is 0.846. The van der Waals surface area contributed by atoms with Crippen LogP contribution in [0.15, 0.2) is 109 Å². The largest absolute Gasteiger partial charge is 0.492 e. The number of allylic oxidation sites excluding steroid dienone is 1. The average Bonchev–Trinajstić information content (AvgIpc) is 2.88. The van der Waals surface area contributed by atoms with Crippen LogP contribution in [0.3, 0.4) is 0 Å². The molecule has 0 atom stereocenters. The summed E-state index contributed by atoms with van der Waals surface area (Å²) in [5.41, 5.74) is 14.5. The Morgan fingerprint density at radius 3 is 1.97 bits per heavy atom. The lowest BCUT2D eigenvalue weighted by molar-refractivity contribution is 0.328. The summed E-state index contributed by atoms with van der Waals surface area (Å²) in [5, 5.41) is 0. The molecule has 0 saturated heterocycles. The summed E-state index contributed by atoms with van der Waals surface area (Å²) in [6, 6.07) is 38.7. The van der Waals surface area contributed by atoms with Gasteiger partial charge in [-0.15, -0.1) is 0 Å². The molecule has 2 N–H and O–H groups in total. The standard InChI is InChI=1S/C31H31NO/c1-2-30(26-13-7-4-8-14-26)31(27-16-18-29(19-17-27)33-21-20-32)28-15-9-12-25(23-28)22-24-10-5-3-6-11-24/h3-19,23H,2,20-22,32H2,1H3/b31-30+. The van der Waals surface area contributed by atoms with Gasteiger partial charge < -0.3 is 10.5 Å². The maximum atomic E-state index is 5.71. The van der Waals surface area contributed by atoms with Gasteiger partial charge in [0.15, 0.2) is 0 Å². The van der Waals surface area contributed by atoms with Crippen LogP contribution in [0.25, 0.3) is 11.1 Å². The summed E-state index contributed by atoms with van der Waals surface area (Å²) >= 11 is 0. The minimum atomic E-state index is 0.509. The topological polar surface area (TPSA) is 35.2 Å². The van der Waals surface area contributed by atoms with E-state index in [1.165, 1.54) is 39.0 Å². The summed E-state index contributed by atoms with van der Waals surface area (Å²) in [7, 11) is 0. The highest BCUT2D eigenvalue weighted by Gasteiger charge is 2.14. The smallest absolute Gasteiger partial charge is 0.119 e. The number of ether oxygens (including phenoxy) is 1. The van der Waals surface area contributed by atoms with Crippen molar-refractivity contribution in [3.63, 3.8) is 0 Å². The molecule has 166 valence electrons. The van der Waals surface area contributed by atoms with E-state index in [-0.39, 0.29) is 0 Å². The molecule has 0 aliphatic rings. The number of nitrogens with two attached hydrogens (primary N) is 1. The van der Waals surface area contributed by atoms with Crippen molar-refractivity contribution in [3.8, 4) is 5.75 Å². The first-order valence-corrected chi connectivity index (χ1v) is 11.6. The summed E-state index contributed by atoms with van der Waals surface area (Å²) in [6.07, 6.45) is 1.86. The van der Waals surface area contributed by atoms with Crippen LogP contribution in [0.5, 0.6) is 5.75 Å². The van der Waals surface area contributed by atoms with Crippen molar-refractivity contribution < 1.29 is 4.74 Å². The van der Waals surface area contributed by atoms with Gasteiger partial charge in [-0.25, -0.2) is 0 Å². The minimum absolute atomic E-state index is 0.509. The van der Waals surface area contributed by atoms with Crippen LogP contribution in [-0.2, 0) is 6.42 Å². The van der Waals surface area contributed by atoms with Gasteiger partial charge in [0, 0.05) is 6.54 Å². The molecular weight excluding hydrogens is 402 g/mol.